The Labute approximate surface area is 218 Å². The van der Waals surface area contributed by atoms with Crippen LogP contribution in [0.25, 0.3) is 10.9 Å². The van der Waals surface area contributed by atoms with Crippen LogP contribution in [-0.4, -0.2) is 81.1 Å². The number of para-hydroxylation sites is 1. The van der Waals surface area contributed by atoms with Gasteiger partial charge in [0, 0.05) is 42.2 Å². The maximum atomic E-state index is 13.7. The fourth-order valence-corrected chi connectivity index (χ4v) is 4.63. The summed E-state index contributed by atoms with van der Waals surface area (Å²) in [6, 6.07) is 3.30. The minimum Gasteiger partial charge on any atom is -0.480 e. The molecule has 1 aromatic heterocycles. The van der Waals surface area contributed by atoms with Gasteiger partial charge in [-0.3, -0.25) is 19.2 Å². The number of hydrogen-bond donors (Lipinski definition) is 7. The third-order valence-corrected chi connectivity index (χ3v) is 6.75. The Hall–Kier alpha value is -3.58. The van der Waals surface area contributed by atoms with Crippen LogP contribution in [0.2, 0.25) is 0 Å². The summed E-state index contributed by atoms with van der Waals surface area (Å²) in [6.07, 6.45) is 2.69. The molecule has 4 atom stereocenters. The van der Waals surface area contributed by atoms with Gasteiger partial charge in [-0.1, -0.05) is 18.2 Å². The van der Waals surface area contributed by atoms with E-state index >= 15 is 0 Å². The average molecular weight is 533 g/mol. The lowest BCUT2D eigenvalue weighted by molar-refractivity contribution is -0.144. The number of aromatic nitrogens is 1. The van der Waals surface area contributed by atoms with Crippen LogP contribution in [0.15, 0.2) is 30.5 Å². The first-order valence-corrected chi connectivity index (χ1v) is 12.6. The van der Waals surface area contributed by atoms with Gasteiger partial charge < -0.3 is 37.1 Å². The summed E-state index contributed by atoms with van der Waals surface area (Å²) in [5.74, 6) is -3.64. The van der Waals surface area contributed by atoms with E-state index in [1.165, 1.54) is 4.90 Å². The van der Waals surface area contributed by atoms with Gasteiger partial charge in [0.15, 0.2) is 0 Å². The van der Waals surface area contributed by atoms with Gasteiger partial charge in [0.05, 0.1) is 6.04 Å². The minimum absolute atomic E-state index is 0.0181. The normalized spacial score (nSPS) is 17.7. The first kappa shape index (κ1) is 28.0. The van der Waals surface area contributed by atoms with Gasteiger partial charge in [-0.2, -0.15) is 12.6 Å². The second-order valence-electron chi connectivity index (χ2n) is 9.01. The van der Waals surface area contributed by atoms with E-state index in [0.29, 0.717) is 12.8 Å². The highest BCUT2D eigenvalue weighted by Gasteiger charge is 2.39. The second kappa shape index (κ2) is 12.6. The monoisotopic (exact) mass is 532 g/mol. The molecule has 8 N–H and O–H groups in total. The molecule has 1 fully saturated rings. The van der Waals surface area contributed by atoms with E-state index in [1.807, 2.05) is 24.3 Å². The highest BCUT2D eigenvalue weighted by molar-refractivity contribution is 7.80. The van der Waals surface area contributed by atoms with Crippen LogP contribution in [0.4, 0.5) is 0 Å². The number of nitrogens with two attached hydrogens (primary N) is 2. The number of carboxylic acid groups (broad SMARTS) is 1. The number of carbonyl (C=O) groups is 5. The summed E-state index contributed by atoms with van der Waals surface area (Å²) in [5, 5.41) is 15.2. The molecule has 0 saturated carbocycles. The molecule has 13 heteroatoms. The van der Waals surface area contributed by atoms with Crippen LogP contribution in [0.3, 0.4) is 0 Å². The number of aliphatic carboxylic acids is 1. The molecule has 37 heavy (non-hydrogen) atoms. The first-order valence-electron chi connectivity index (χ1n) is 12.0. The number of carboxylic acids is 1. The van der Waals surface area contributed by atoms with Crippen molar-refractivity contribution in [3.8, 4) is 0 Å². The lowest BCUT2D eigenvalue weighted by atomic mass is 10.0. The van der Waals surface area contributed by atoms with Gasteiger partial charge in [0.1, 0.15) is 18.1 Å². The van der Waals surface area contributed by atoms with Crippen molar-refractivity contribution in [1.82, 2.24) is 20.5 Å². The maximum Gasteiger partial charge on any atom is 0.327 e. The molecule has 1 aromatic carbocycles. The average Bonchev–Trinajstić information content (AvgIpc) is 3.52. The number of carbonyl (C=O) groups excluding carboxylic acids is 4. The molecule has 4 amide bonds. The molecule has 0 aliphatic carbocycles. The van der Waals surface area contributed by atoms with Gasteiger partial charge in [-0.15, -0.1) is 0 Å². The number of nitrogens with one attached hydrogen (secondary N) is 3. The van der Waals surface area contributed by atoms with E-state index in [-0.39, 0.29) is 31.6 Å². The van der Waals surface area contributed by atoms with E-state index in [9.17, 15) is 29.1 Å². The summed E-state index contributed by atoms with van der Waals surface area (Å²) < 4.78 is 0. The topological polar surface area (TPSA) is 201 Å². The Morgan fingerprint density at radius 2 is 1.89 bits per heavy atom. The van der Waals surface area contributed by atoms with Crippen LogP contribution in [0.5, 0.6) is 0 Å². The van der Waals surface area contributed by atoms with Gasteiger partial charge >= 0.3 is 5.97 Å². The van der Waals surface area contributed by atoms with E-state index in [1.54, 1.807) is 6.20 Å². The zero-order valence-corrected chi connectivity index (χ0v) is 21.1. The molecule has 2 heterocycles. The summed E-state index contributed by atoms with van der Waals surface area (Å²) in [7, 11) is 0. The fraction of sp³-hybridized carbons (Fsp3) is 0.458. The number of rotatable bonds is 12. The Morgan fingerprint density at radius 3 is 2.57 bits per heavy atom. The van der Waals surface area contributed by atoms with Crippen molar-refractivity contribution < 1.29 is 29.1 Å². The van der Waals surface area contributed by atoms with Crippen molar-refractivity contribution in [2.75, 3.05) is 12.3 Å². The van der Waals surface area contributed by atoms with Crippen molar-refractivity contribution in [1.29, 1.82) is 0 Å². The number of nitrogens with zero attached hydrogens (tertiary/aromatic N) is 1. The van der Waals surface area contributed by atoms with Crippen molar-refractivity contribution in [3.63, 3.8) is 0 Å². The van der Waals surface area contributed by atoms with Gasteiger partial charge in [0.2, 0.25) is 23.6 Å². The number of fused-ring (bicyclic) bond motifs is 1. The molecule has 200 valence electrons. The lowest BCUT2D eigenvalue weighted by Crippen LogP contribution is -2.57. The molecular weight excluding hydrogens is 500 g/mol. The summed E-state index contributed by atoms with van der Waals surface area (Å²) in [4.78, 5) is 66.3. The molecule has 3 rings (SSSR count). The standard InChI is InChI=1S/C24H32N6O6S/c25-15(7-8-20(26)31)21(32)28-17(10-13-11-27-16-5-2-1-4-14(13)16)23(34)30-9-3-6-19(30)22(33)29-18(12-37)24(35)36/h1-2,4-5,11,15,17-19,27,37H,3,6-10,12,25H2,(H2,26,31)(H,28,32)(H,29,33)(H,35,36). The number of amides is 4. The first-order chi connectivity index (χ1) is 17.6. The maximum absolute atomic E-state index is 13.7. The molecule has 1 aliphatic rings. The predicted molar refractivity (Wildman–Crippen MR) is 138 cm³/mol. The van der Waals surface area contributed by atoms with Crippen molar-refractivity contribution >= 4 is 53.1 Å². The predicted octanol–water partition coefficient (Wildman–Crippen LogP) is -0.722. The van der Waals surface area contributed by atoms with Gasteiger partial charge in [-0.05, 0) is 30.9 Å². The number of hydrogen-bond acceptors (Lipinski definition) is 7. The third-order valence-electron chi connectivity index (χ3n) is 6.39. The number of aromatic amines is 1. The van der Waals surface area contributed by atoms with Crippen LogP contribution < -0.4 is 22.1 Å². The zero-order chi connectivity index (χ0) is 27.1. The minimum atomic E-state index is -1.23. The van der Waals surface area contributed by atoms with E-state index < -0.39 is 53.8 Å². The van der Waals surface area contributed by atoms with E-state index in [0.717, 1.165) is 16.5 Å². The molecule has 0 bridgehead atoms. The van der Waals surface area contributed by atoms with Crippen LogP contribution >= 0.6 is 12.6 Å². The third kappa shape index (κ3) is 7.01. The second-order valence-corrected chi connectivity index (χ2v) is 9.37. The van der Waals surface area contributed by atoms with Gasteiger partial charge in [-0.25, -0.2) is 4.79 Å². The number of H-pyrrole nitrogens is 1. The largest absolute Gasteiger partial charge is 0.480 e. The van der Waals surface area contributed by atoms with Crippen LogP contribution in [-0.2, 0) is 30.4 Å². The summed E-state index contributed by atoms with van der Waals surface area (Å²) in [6.45, 7) is 0.267. The molecule has 1 aliphatic heterocycles. The Balaban J connectivity index is 1.83. The number of benzene rings is 1. The van der Waals surface area contributed by atoms with Crippen LogP contribution in [0.1, 0.15) is 31.2 Å². The number of primary amides is 1. The molecule has 2 aromatic rings. The molecule has 0 spiro atoms. The molecule has 4 unspecified atom stereocenters. The zero-order valence-electron chi connectivity index (χ0n) is 20.2. The molecule has 12 nitrogen and oxygen atoms in total. The lowest BCUT2D eigenvalue weighted by Gasteiger charge is -2.30. The van der Waals surface area contributed by atoms with Crippen molar-refractivity contribution in [2.45, 2.75) is 56.3 Å². The smallest absolute Gasteiger partial charge is 0.327 e. The molecular formula is C24H32N6O6S. The number of thiol groups is 1. The van der Waals surface area contributed by atoms with Crippen molar-refractivity contribution in [3.05, 3.63) is 36.0 Å². The van der Waals surface area contributed by atoms with E-state index in [2.05, 4.69) is 28.2 Å². The Bertz CT molecular complexity index is 1170. The summed E-state index contributed by atoms with van der Waals surface area (Å²) in [5.41, 5.74) is 12.7. The van der Waals surface area contributed by atoms with E-state index in [4.69, 9.17) is 11.5 Å². The highest BCUT2D eigenvalue weighted by Crippen LogP contribution is 2.23. The van der Waals surface area contributed by atoms with Crippen LogP contribution in [0, 0.1) is 0 Å². The Morgan fingerprint density at radius 1 is 1.16 bits per heavy atom. The highest BCUT2D eigenvalue weighted by atomic mass is 32.1. The Kier molecular flexibility index (Phi) is 9.53. The molecule has 0 radical (unpaired) electrons. The summed E-state index contributed by atoms with van der Waals surface area (Å²) >= 11 is 3.97. The fourth-order valence-electron chi connectivity index (χ4n) is 4.38. The quantitative estimate of drug-likeness (QED) is 0.175. The molecule has 1 saturated heterocycles. The van der Waals surface area contributed by atoms with Crippen molar-refractivity contribution in [2.24, 2.45) is 11.5 Å². The van der Waals surface area contributed by atoms with Gasteiger partial charge in [0.25, 0.3) is 0 Å². The number of likely N-dealkylation sites (tertiary alicyclic amines) is 1. The SMILES string of the molecule is NC(=O)CCC(N)C(=O)NC(Cc1c[nH]c2ccccc12)C(=O)N1CCCC1C(=O)NC(CS)C(=O)O.